The molecule has 0 aromatic carbocycles. The first kappa shape index (κ1) is 11.4. The zero-order valence-electron chi connectivity index (χ0n) is 10.6. The molecule has 2 heterocycles. The van der Waals surface area contributed by atoms with Crippen LogP contribution in [0.25, 0.3) is 11.2 Å². The topological polar surface area (TPSA) is 78.8 Å². The fraction of sp³-hybridized carbons (Fsp3) is 0.583. The summed E-state index contributed by atoms with van der Waals surface area (Å²) >= 11 is 0. The molecule has 6 nitrogen and oxygen atoms in total. The van der Waals surface area contributed by atoms with Crippen molar-refractivity contribution >= 4 is 17.1 Å². The minimum atomic E-state index is 0.314. The lowest BCUT2D eigenvalue weighted by Gasteiger charge is -2.35. The second-order valence-electron chi connectivity index (χ2n) is 4.94. The van der Waals surface area contributed by atoms with E-state index in [1.807, 2.05) is 13.3 Å². The number of anilines is 1. The molecule has 18 heavy (non-hydrogen) atoms. The Morgan fingerprint density at radius 3 is 2.94 bits per heavy atom. The molecule has 0 bridgehead atoms. The van der Waals surface area contributed by atoms with E-state index in [0.717, 1.165) is 36.3 Å². The number of ether oxygens (including phenoxy) is 1. The molecule has 0 unspecified atom stereocenters. The summed E-state index contributed by atoms with van der Waals surface area (Å²) in [6.45, 7) is 2.74. The molecule has 1 fully saturated rings. The first-order valence-corrected chi connectivity index (χ1v) is 6.14. The lowest BCUT2D eigenvalue weighted by atomic mass is 9.81. The first-order chi connectivity index (χ1) is 8.69. The molecule has 0 radical (unpaired) electrons. The van der Waals surface area contributed by atoms with Crippen LogP contribution in [0.1, 0.15) is 24.6 Å². The number of nitrogen functional groups attached to an aromatic ring is 1. The maximum atomic E-state index is 5.70. The molecule has 0 spiro atoms. The molecular weight excluding hydrogens is 230 g/mol. The van der Waals surface area contributed by atoms with Crippen molar-refractivity contribution < 1.29 is 4.74 Å². The van der Waals surface area contributed by atoms with Gasteiger partial charge in [-0.05, 0) is 25.7 Å². The SMILES string of the molecule is COCC1CC(n2cnc3c(C)nc(N)nc32)C1. The molecule has 1 aliphatic carbocycles. The summed E-state index contributed by atoms with van der Waals surface area (Å²) in [5.74, 6) is 0.965. The molecule has 0 amide bonds. The van der Waals surface area contributed by atoms with Crippen LogP contribution in [0.2, 0.25) is 0 Å². The van der Waals surface area contributed by atoms with Gasteiger partial charge < -0.3 is 15.0 Å². The van der Waals surface area contributed by atoms with E-state index in [-0.39, 0.29) is 0 Å². The minimum absolute atomic E-state index is 0.314. The smallest absolute Gasteiger partial charge is 0.222 e. The molecule has 2 aromatic heterocycles. The van der Waals surface area contributed by atoms with E-state index < -0.39 is 0 Å². The van der Waals surface area contributed by atoms with E-state index in [0.29, 0.717) is 17.9 Å². The summed E-state index contributed by atoms with van der Waals surface area (Å²) in [6.07, 6.45) is 4.07. The van der Waals surface area contributed by atoms with Crippen molar-refractivity contribution in [2.45, 2.75) is 25.8 Å². The Balaban J connectivity index is 1.90. The van der Waals surface area contributed by atoms with Crippen molar-refractivity contribution in [1.82, 2.24) is 19.5 Å². The fourth-order valence-corrected chi connectivity index (χ4v) is 2.65. The molecule has 3 rings (SSSR count). The number of aromatic nitrogens is 4. The Bertz CT molecular complexity index is 573. The summed E-state index contributed by atoms with van der Waals surface area (Å²) < 4.78 is 7.28. The van der Waals surface area contributed by atoms with Gasteiger partial charge in [0.1, 0.15) is 5.52 Å². The highest BCUT2D eigenvalue weighted by atomic mass is 16.5. The molecule has 1 aliphatic rings. The molecule has 0 saturated heterocycles. The van der Waals surface area contributed by atoms with Gasteiger partial charge in [0.2, 0.25) is 5.95 Å². The summed E-state index contributed by atoms with van der Waals surface area (Å²) in [5, 5.41) is 0. The van der Waals surface area contributed by atoms with Gasteiger partial charge in [0, 0.05) is 19.8 Å². The zero-order chi connectivity index (χ0) is 12.7. The number of methoxy groups -OCH3 is 1. The molecular formula is C12H17N5O. The van der Waals surface area contributed by atoms with Crippen LogP contribution in [0, 0.1) is 12.8 Å². The second-order valence-corrected chi connectivity index (χ2v) is 4.94. The van der Waals surface area contributed by atoms with Crippen molar-refractivity contribution in [2.24, 2.45) is 5.92 Å². The number of imidazole rings is 1. The highest BCUT2D eigenvalue weighted by Gasteiger charge is 2.31. The van der Waals surface area contributed by atoms with E-state index in [4.69, 9.17) is 10.5 Å². The van der Waals surface area contributed by atoms with Crippen LogP contribution in [0.4, 0.5) is 5.95 Å². The summed E-state index contributed by atoms with van der Waals surface area (Å²) in [4.78, 5) is 12.8. The van der Waals surface area contributed by atoms with Crippen LogP contribution in [0.15, 0.2) is 6.33 Å². The van der Waals surface area contributed by atoms with Crippen molar-refractivity contribution in [3.05, 3.63) is 12.0 Å². The lowest BCUT2D eigenvalue weighted by Crippen LogP contribution is -2.29. The van der Waals surface area contributed by atoms with Crippen LogP contribution < -0.4 is 5.73 Å². The molecule has 96 valence electrons. The number of aryl methyl sites for hydroxylation is 1. The third kappa shape index (κ3) is 1.73. The predicted molar refractivity (Wildman–Crippen MR) is 68.1 cm³/mol. The number of nitrogens with zero attached hydrogens (tertiary/aromatic N) is 4. The van der Waals surface area contributed by atoms with E-state index in [1.54, 1.807) is 7.11 Å². The quantitative estimate of drug-likeness (QED) is 0.884. The van der Waals surface area contributed by atoms with Crippen LogP contribution in [-0.4, -0.2) is 33.2 Å². The summed E-state index contributed by atoms with van der Waals surface area (Å²) in [6, 6.07) is 0.462. The Hall–Kier alpha value is -1.69. The maximum absolute atomic E-state index is 5.70. The average molecular weight is 247 g/mol. The standard InChI is InChI=1S/C12H17N5O/c1-7-10-11(16-12(13)15-7)17(6-14-10)9-3-8(4-9)5-18-2/h6,8-9H,3-5H2,1-2H3,(H2,13,15,16). The van der Waals surface area contributed by atoms with Crippen molar-refractivity contribution in [3.63, 3.8) is 0 Å². The first-order valence-electron chi connectivity index (χ1n) is 6.14. The number of nitrogens with two attached hydrogens (primary N) is 1. The molecule has 6 heteroatoms. The van der Waals surface area contributed by atoms with Crippen molar-refractivity contribution in [2.75, 3.05) is 19.5 Å². The van der Waals surface area contributed by atoms with Gasteiger partial charge in [-0.3, -0.25) is 0 Å². The molecule has 2 aromatic rings. The third-order valence-corrected chi connectivity index (χ3v) is 3.62. The van der Waals surface area contributed by atoms with Crippen LogP contribution >= 0.6 is 0 Å². The zero-order valence-corrected chi connectivity index (χ0v) is 10.6. The number of hydrogen-bond acceptors (Lipinski definition) is 5. The van der Waals surface area contributed by atoms with E-state index in [2.05, 4.69) is 19.5 Å². The van der Waals surface area contributed by atoms with Crippen molar-refractivity contribution in [1.29, 1.82) is 0 Å². The molecule has 1 saturated carbocycles. The van der Waals surface area contributed by atoms with Gasteiger partial charge in [0.25, 0.3) is 0 Å². The fourth-order valence-electron chi connectivity index (χ4n) is 2.65. The van der Waals surface area contributed by atoms with Gasteiger partial charge in [-0.15, -0.1) is 0 Å². The third-order valence-electron chi connectivity index (χ3n) is 3.62. The molecule has 0 aliphatic heterocycles. The van der Waals surface area contributed by atoms with Gasteiger partial charge in [0.05, 0.1) is 12.0 Å². The van der Waals surface area contributed by atoms with Gasteiger partial charge in [-0.2, -0.15) is 4.98 Å². The highest BCUT2D eigenvalue weighted by molar-refractivity contribution is 5.74. The monoisotopic (exact) mass is 247 g/mol. The maximum Gasteiger partial charge on any atom is 0.222 e. The molecule has 2 N–H and O–H groups in total. The van der Waals surface area contributed by atoms with Gasteiger partial charge in [-0.1, -0.05) is 0 Å². The van der Waals surface area contributed by atoms with Gasteiger partial charge >= 0.3 is 0 Å². The largest absolute Gasteiger partial charge is 0.384 e. The Labute approximate surface area is 105 Å². The van der Waals surface area contributed by atoms with E-state index in [1.165, 1.54) is 0 Å². The van der Waals surface area contributed by atoms with E-state index >= 15 is 0 Å². The average Bonchev–Trinajstić information content (AvgIpc) is 2.66. The number of hydrogen-bond donors (Lipinski definition) is 1. The van der Waals surface area contributed by atoms with Crippen LogP contribution in [-0.2, 0) is 4.74 Å². The van der Waals surface area contributed by atoms with Crippen LogP contribution in [0.3, 0.4) is 0 Å². The molecule has 0 atom stereocenters. The lowest BCUT2D eigenvalue weighted by molar-refractivity contribution is 0.0788. The van der Waals surface area contributed by atoms with Crippen LogP contribution in [0.5, 0.6) is 0 Å². The second kappa shape index (κ2) is 4.20. The number of fused-ring (bicyclic) bond motifs is 1. The summed E-state index contributed by atoms with van der Waals surface area (Å²) in [5.41, 5.74) is 8.24. The van der Waals surface area contributed by atoms with Crippen molar-refractivity contribution in [3.8, 4) is 0 Å². The Morgan fingerprint density at radius 1 is 1.44 bits per heavy atom. The predicted octanol–water partition coefficient (Wildman–Crippen LogP) is 1.31. The van der Waals surface area contributed by atoms with Gasteiger partial charge in [0.15, 0.2) is 5.65 Å². The highest BCUT2D eigenvalue weighted by Crippen LogP contribution is 2.39. The Morgan fingerprint density at radius 2 is 2.22 bits per heavy atom. The minimum Gasteiger partial charge on any atom is -0.384 e. The van der Waals surface area contributed by atoms with E-state index in [9.17, 15) is 0 Å². The number of rotatable bonds is 3. The Kier molecular flexibility index (Phi) is 2.66. The van der Waals surface area contributed by atoms with Gasteiger partial charge in [-0.25, -0.2) is 9.97 Å². The normalized spacial score (nSPS) is 23.2. The summed E-state index contributed by atoms with van der Waals surface area (Å²) in [7, 11) is 1.75.